The predicted molar refractivity (Wildman–Crippen MR) is 108 cm³/mol. The van der Waals surface area contributed by atoms with Crippen LogP contribution in [0.5, 0.6) is 17.2 Å². The van der Waals surface area contributed by atoms with E-state index in [9.17, 15) is 4.79 Å². The van der Waals surface area contributed by atoms with E-state index in [0.717, 1.165) is 42.3 Å². The van der Waals surface area contributed by atoms with Crippen LogP contribution in [0.3, 0.4) is 0 Å². The molecule has 7 heteroatoms. The number of anilines is 1. The molecule has 0 saturated carbocycles. The highest BCUT2D eigenvalue weighted by Gasteiger charge is 2.26. The quantitative estimate of drug-likeness (QED) is 0.832. The number of methoxy groups -OCH3 is 1. The smallest absolute Gasteiger partial charge is 0.224 e. The lowest BCUT2D eigenvalue weighted by Gasteiger charge is -2.22. The van der Waals surface area contributed by atoms with Gasteiger partial charge in [0, 0.05) is 24.2 Å². The molecule has 2 aliphatic rings. The topological polar surface area (TPSA) is 60.0 Å². The first-order valence-electron chi connectivity index (χ1n) is 9.39. The normalized spacial score (nSPS) is 18.1. The first-order valence-corrected chi connectivity index (χ1v) is 9.76. The summed E-state index contributed by atoms with van der Waals surface area (Å²) < 4.78 is 16.6. The molecule has 1 amide bonds. The molecule has 0 aromatic heterocycles. The van der Waals surface area contributed by atoms with E-state index in [1.165, 1.54) is 0 Å². The fraction of sp³-hybridized carbons (Fsp3) is 0.381. The van der Waals surface area contributed by atoms with Gasteiger partial charge in [0.1, 0.15) is 19.0 Å². The van der Waals surface area contributed by atoms with Gasteiger partial charge in [-0.3, -0.25) is 4.79 Å². The van der Waals surface area contributed by atoms with Crippen molar-refractivity contribution in [1.29, 1.82) is 0 Å². The molecule has 1 atom stereocenters. The summed E-state index contributed by atoms with van der Waals surface area (Å²) in [6, 6.07) is 11.3. The Balaban J connectivity index is 1.35. The van der Waals surface area contributed by atoms with E-state index in [1.54, 1.807) is 7.11 Å². The van der Waals surface area contributed by atoms with Gasteiger partial charge in [0.2, 0.25) is 5.91 Å². The van der Waals surface area contributed by atoms with Crippen LogP contribution in [0.1, 0.15) is 12.0 Å². The first kappa shape index (κ1) is 18.7. The average molecular weight is 403 g/mol. The van der Waals surface area contributed by atoms with Gasteiger partial charge >= 0.3 is 0 Å². The molecule has 2 aromatic carbocycles. The highest BCUT2D eigenvalue weighted by Crippen LogP contribution is 2.33. The average Bonchev–Trinajstić information content (AvgIpc) is 3.16. The Hall–Kier alpha value is -2.60. The molecule has 0 bridgehead atoms. The van der Waals surface area contributed by atoms with E-state index < -0.39 is 0 Å². The molecule has 6 nitrogen and oxygen atoms in total. The second kappa shape index (κ2) is 8.19. The van der Waals surface area contributed by atoms with Crippen LogP contribution in [0.2, 0.25) is 5.02 Å². The zero-order valence-corrected chi connectivity index (χ0v) is 16.5. The van der Waals surface area contributed by atoms with Crippen LogP contribution in [0.15, 0.2) is 36.4 Å². The highest BCUT2D eigenvalue weighted by atomic mass is 35.5. The number of carbonyl (C=O) groups excluding carboxylic acids is 1. The van der Waals surface area contributed by atoms with Gasteiger partial charge in [-0.25, -0.2) is 0 Å². The molecule has 1 saturated heterocycles. The summed E-state index contributed by atoms with van der Waals surface area (Å²) in [6.07, 6.45) is 1.19. The van der Waals surface area contributed by atoms with Crippen molar-refractivity contribution < 1.29 is 19.0 Å². The summed E-state index contributed by atoms with van der Waals surface area (Å²) >= 11 is 6.14. The number of hydrogen-bond donors (Lipinski definition) is 1. The van der Waals surface area contributed by atoms with Crippen molar-refractivity contribution in [3.63, 3.8) is 0 Å². The fourth-order valence-electron chi connectivity index (χ4n) is 3.67. The minimum absolute atomic E-state index is 0.00147. The van der Waals surface area contributed by atoms with Crippen molar-refractivity contribution in [2.24, 2.45) is 0 Å². The molecule has 2 heterocycles. The Morgan fingerprint density at radius 3 is 2.86 bits per heavy atom. The number of benzene rings is 2. The van der Waals surface area contributed by atoms with Gasteiger partial charge in [-0.2, -0.15) is 0 Å². The van der Waals surface area contributed by atoms with Crippen molar-refractivity contribution in [1.82, 2.24) is 5.32 Å². The number of nitrogens with zero attached hydrogens (tertiary/aromatic N) is 1. The van der Waals surface area contributed by atoms with Crippen molar-refractivity contribution in [2.75, 3.05) is 38.3 Å². The lowest BCUT2D eigenvalue weighted by molar-refractivity contribution is -0.121. The molecular weight excluding hydrogens is 380 g/mol. The standard InChI is InChI=1S/C21H23ClN2O4/c1-26-18-5-3-15(22)12-17(18)24-7-6-16(13-24)23-21(25)11-14-2-4-19-20(10-14)28-9-8-27-19/h2-5,10,12,16H,6-9,11,13H2,1H3,(H,23,25). The Morgan fingerprint density at radius 1 is 1.21 bits per heavy atom. The predicted octanol–water partition coefficient (Wildman–Crippen LogP) is 3.06. The Bertz CT molecular complexity index is 873. The molecule has 0 spiro atoms. The maximum Gasteiger partial charge on any atom is 0.224 e. The van der Waals surface area contributed by atoms with Gasteiger partial charge in [-0.05, 0) is 42.3 Å². The van der Waals surface area contributed by atoms with Crippen molar-refractivity contribution in [2.45, 2.75) is 18.9 Å². The first-order chi connectivity index (χ1) is 13.6. The van der Waals surface area contributed by atoms with E-state index in [4.69, 9.17) is 25.8 Å². The fourth-order valence-corrected chi connectivity index (χ4v) is 3.84. The number of amides is 1. The van der Waals surface area contributed by atoms with Gasteiger partial charge in [0.15, 0.2) is 11.5 Å². The summed E-state index contributed by atoms with van der Waals surface area (Å²) in [5.74, 6) is 2.23. The Labute approximate surface area is 169 Å². The largest absolute Gasteiger partial charge is 0.495 e. The van der Waals surface area contributed by atoms with Crippen LogP contribution < -0.4 is 24.4 Å². The molecule has 1 N–H and O–H groups in total. The second-order valence-corrected chi connectivity index (χ2v) is 7.41. The van der Waals surface area contributed by atoms with E-state index in [2.05, 4.69) is 10.2 Å². The summed E-state index contributed by atoms with van der Waals surface area (Å²) in [4.78, 5) is 14.7. The van der Waals surface area contributed by atoms with Gasteiger partial charge < -0.3 is 24.4 Å². The van der Waals surface area contributed by atoms with Gasteiger partial charge in [-0.15, -0.1) is 0 Å². The molecule has 4 rings (SSSR count). The summed E-state index contributed by atoms with van der Waals surface area (Å²) in [5.41, 5.74) is 1.87. The summed E-state index contributed by atoms with van der Waals surface area (Å²) in [6.45, 7) is 2.66. The van der Waals surface area contributed by atoms with Gasteiger partial charge in [0.05, 0.1) is 19.2 Å². The molecule has 2 aromatic rings. The zero-order chi connectivity index (χ0) is 19.5. The zero-order valence-electron chi connectivity index (χ0n) is 15.7. The maximum atomic E-state index is 12.5. The molecule has 28 heavy (non-hydrogen) atoms. The van der Waals surface area contributed by atoms with E-state index in [-0.39, 0.29) is 11.9 Å². The maximum absolute atomic E-state index is 12.5. The number of carbonyl (C=O) groups is 1. The highest BCUT2D eigenvalue weighted by molar-refractivity contribution is 6.30. The SMILES string of the molecule is COc1ccc(Cl)cc1N1CCC(NC(=O)Cc2ccc3c(c2)OCCO3)C1. The van der Waals surface area contributed by atoms with Crippen LogP contribution in [0, 0.1) is 0 Å². The van der Waals surface area contributed by atoms with Gasteiger partial charge in [0.25, 0.3) is 0 Å². The molecule has 1 unspecified atom stereocenters. The molecular formula is C21H23ClN2O4. The second-order valence-electron chi connectivity index (χ2n) is 6.97. The Kier molecular flexibility index (Phi) is 5.48. The van der Waals surface area contributed by atoms with Crippen molar-refractivity contribution in [3.05, 3.63) is 47.0 Å². The van der Waals surface area contributed by atoms with Crippen molar-refractivity contribution >= 4 is 23.2 Å². The monoisotopic (exact) mass is 402 g/mol. The molecule has 148 valence electrons. The van der Waals surface area contributed by atoms with Crippen LogP contribution in [-0.2, 0) is 11.2 Å². The summed E-state index contributed by atoms with van der Waals surface area (Å²) in [5, 5.41) is 3.80. The van der Waals surface area contributed by atoms with E-state index in [1.807, 2.05) is 36.4 Å². The van der Waals surface area contributed by atoms with Crippen molar-refractivity contribution in [3.8, 4) is 17.2 Å². The van der Waals surface area contributed by atoms with Crippen LogP contribution >= 0.6 is 11.6 Å². The number of nitrogens with one attached hydrogen (secondary N) is 1. The molecule has 0 aliphatic carbocycles. The number of fused-ring (bicyclic) bond motifs is 1. The minimum Gasteiger partial charge on any atom is -0.495 e. The third-order valence-electron chi connectivity index (χ3n) is 5.01. The van der Waals surface area contributed by atoms with E-state index >= 15 is 0 Å². The molecule has 0 radical (unpaired) electrons. The number of halogens is 1. The van der Waals surface area contributed by atoms with E-state index in [0.29, 0.717) is 30.4 Å². The number of ether oxygens (including phenoxy) is 3. The van der Waals surface area contributed by atoms with Crippen LogP contribution in [-0.4, -0.2) is 45.4 Å². The van der Waals surface area contributed by atoms with Gasteiger partial charge in [-0.1, -0.05) is 17.7 Å². The summed E-state index contributed by atoms with van der Waals surface area (Å²) in [7, 11) is 1.65. The number of rotatable bonds is 5. The third kappa shape index (κ3) is 4.12. The minimum atomic E-state index is 0.00147. The van der Waals surface area contributed by atoms with Crippen LogP contribution in [0.4, 0.5) is 5.69 Å². The Morgan fingerprint density at radius 2 is 2.04 bits per heavy atom. The molecule has 1 fully saturated rings. The van der Waals surface area contributed by atoms with Crippen LogP contribution in [0.25, 0.3) is 0 Å². The molecule has 2 aliphatic heterocycles. The lowest BCUT2D eigenvalue weighted by Crippen LogP contribution is -2.38. The lowest BCUT2D eigenvalue weighted by atomic mass is 10.1. The number of hydrogen-bond acceptors (Lipinski definition) is 5. The third-order valence-corrected chi connectivity index (χ3v) is 5.24.